The van der Waals surface area contributed by atoms with E-state index in [1.807, 2.05) is 12.1 Å². The minimum Gasteiger partial charge on any atom is -0.481 e. The molecule has 2 amide bonds. The van der Waals surface area contributed by atoms with E-state index in [9.17, 15) is 14.4 Å². The molecule has 0 aliphatic heterocycles. The summed E-state index contributed by atoms with van der Waals surface area (Å²) in [5, 5.41) is 13.9. The molecule has 3 N–H and O–H groups in total. The van der Waals surface area contributed by atoms with E-state index in [4.69, 9.17) is 5.11 Å². The van der Waals surface area contributed by atoms with Crippen LogP contribution in [0.3, 0.4) is 0 Å². The Balaban J connectivity index is 2.14. The normalized spacial score (nSPS) is 10.9. The third kappa shape index (κ3) is 7.07. The lowest BCUT2D eigenvalue weighted by Gasteiger charge is -2.11. The summed E-state index contributed by atoms with van der Waals surface area (Å²) in [6.07, 6.45) is 1.83. The number of amides is 2. The second-order valence-corrected chi connectivity index (χ2v) is 6.60. The highest BCUT2D eigenvalue weighted by molar-refractivity contribution is 9.10. The van der Waals surface area contributed by atoms with E-state index in [1.54, 1.807) is 48.5 Å². The van der Waals surface area contributed by atoms with Crippen LogP contribution in [0.1, 0.15) is 28.8 Å². The Hall–Kier alpha value is -2.93. The lowest BCUT2D eigenvalue weighted by atomic mass is 10.1. The van der Waals surface area contributed by atoms with E-state index in [2.05, 4.69) is 26.6 Å². The summed E-state index contributed by atoms with van der Waals surface area (Å²) in [5.74, 6) is -1.81. The summed E-state index contributed by atoms with van der Waals surface area (Å²) < 4.78 is 0.896. The smallest absolute Gasteiger partial charge is 0.303 e. The van der Waals surface area contributed by atoms with Crippen molar-refractivity contribution in [3.05, 3.63) is 75.9 Å². The van der Waals surface area contributed by atoms with E-state index < -0.39 is 17.8 Å². The van der Waals surface area contributed by atoms with Gasteiger partial charge in [0.2, 0.25) is 0 Å². The van der Waals surface area contributed by atoms with E-state index in [0.29, 0.717) is 12.0 Å². The van der Waals surface area contributed by atoms with Gasteiger partial charge in [0, 0.05) is 23.0 Å². The zero-order valence-electron chi connectivity index (χ0n) is 14.4. The monoisotopic (exact) mass is 430 g/mol. The molecule has 0 heterocycles. The average Bonchev–Trinajstić information content (AvgIpc) is 2.66. The second kappa shape index (κ2) is 10.3. The second-order valence-electron chi connectivity index (χ2n) is 5.68. The van der Waals surface area contributed by atoms with Crippen LogP contribution in [0, 0.1) is 0 Å². The third-order valence-electron chi connectivity index (χ3n) is 3.56. The molecule has 0 atom stereocenters. The molecule has 140 valence electrons. The summed E-state index contributed by atoms with van der Waals surface area (Å²) >= 11 is 3.35. The minimum absolute atomic E-state index is 0.0393. The molecule has 0 bridgehead atoms. The molecule has 0 radical (unpaired) electrons. The quantitative estimate of drug-likeness (QED) is 0.442. The Bertz CT molecular complexity index is 833. The number of halogens is 1. The fourth-order valence-corrected chi connectivity index (χ4v) is 2.47. The summed E-state index contributed by atoms with van der Waals surface area (Å²) in [6.45, 7) is 0.198. The van der Waals surface area contributed by atoms with Crippen molar-refractivity contribution in [2.45, 2.75) is 12.8 Å². The first-order valence-electron chi connectivity index (χ1n) is 8.29. The van der Waals surface area contributed by atoms with Crippen LogP contribution in [0.2, 0.25) is 0 Å². The van der Waals surface area contributed by atoms with Gasteiger partial charge < -0.3 is 15.7 Å². The lowest BCUT2D eigenvalue weighted by Crippen LogP contribution is -2.35. The zero-order valence-corrected chi connectivity index (χ0v) is 16.0. The van der Waals surface area contributed by atoms with Crippen LogP contribution in [0.15, 0.2) is 64.8 Å². The van der Waals surface area contributed by atoms with Gasteiger partial charge in [-0.3, -0.25) is 14.4 Å². The largest absolute Gasteiger partial charge is 0.481 e. The minimum atomic E-state index is -0.924. The Morgan fingerprint density at radius 3 is 2.30 bits per heavy atom. The van der Waals surface area contributed by atoms with Crippen LogP contribution in [0.25, 0.3) is 6.08 Å². The van der Waals surface area contributed by atoms with E-state index >= 15 is 0 Å². The highest BCUT2D eigenvalue weighted by Crippen LogP contribution is 2.13. The van der Waals surface area contributed by atoms with Gasteiger partial charge in [0.15, 0.2) is 0 Å². The summed E-state index contributed by atoms with van der Waals surface area (Å²) in [5.41, 5.74) is 1.25. The van der Waals surface area contributed by atoms with Gasteiger partial charge in [-0.05, 0) is 42.3 Å². The van der Waals surface area contributed by atoms with Gasteiger partial charge in [-0.25, -0.2) is 0 Å². The van der Waals surface area contributed by atoms with Crippen molar-refractivity contribution < 1.29 is 19.5 Å². The fourth-order valence-electron chi connectivity index (χ4n) is 2.20. The van der Waals surface area contributed by atoms with E-state index in [1.165, 1.54) is 0 Å². The first kappa shape index (κ1) is 20.4. The zero-order chi connectivity index (χ0) is 19.6. The molecule has 2 rings (SSSR count). The van der Waals surface area contributed by atoms with Crippen molar-refractivity contribution >= 4 is 39.8 Å². The number of hydrogen-bond donors (Lipinski definition) is 3. The van der Waals surface area contributed by atoms with E-state index in [0.717, 1.165) is 10.0 Å². The van der Waals surface area contributed by atoms with Crippen molar-refractivity contribution in [3.8, 4) is 0 Å². The van der Waals surface area contributed by atoms with Crippen LogP contribution >= 0.6 is 15.9 Å². The van der Waals surface area contributed by atoms with Gasteiger partial charge in [0.1, 0.15) is 5.70 Å². The predicted molar refractivity (Wildman–Crippen MR) is 106 cm³/mol. The van der Waals surface area contributed by atoms with Gasteiger partial charge in [-0.2, -0.15) is 0 Å². The number of carbonyl (C=O) groups is 3. The average molecular weight is 431 g/mol. The molecule has 0 aliphatic rings. The van der Waals surface area contributed by atoms with Crippen molar-refractivity contribution in [2.24, 2.45) is 0 Å². The number of benzene rings is 2. The van der Waals surface area contributed by atoms with Gasteiger partial charge in [0.25, 0.3) is 11.8 Å². The van der Waals surface area contributed by atoms with Crippen LogP contribution in [0.4, 0.5) is 0 Å². The lowest BCUT2D eigenvalue weighted by molar-refractivity contribution is -0.137. The SMILES string of the molecule is O=C(O)CCCNC(=O)/C(=C\c1ccc(Br)cc1)NC(=O)c1ccccc1. The van der Waals surface area contributed by atoms with Crippen LogP contribution in [-0.2, 0) is 9.59 Å². The molecule has 6 nitrogen and oxygen atoms in total. The van der Waals surface area contributed by atoms with Crippen molar-refractivity contribution in [2.75, 3.05) is 6.54 Å². The number of carboxylic acid groups (broad SMARTS) is 1. The molecule has 2 aromatic carbocycles. The molecule has 27 heavy (non-hydrogen) atoms. The number of carboxylic acids is 1. The maximum Gasteiger partial charge on any atom is 0.303 e. The van der Waals surface area contributed by atoms with Gasteiger partial charge in [-0.15, -0.1) is 0 Å². The molecule has 7 heteroatoms. The van der Waals surface area contributed by atoms with Crippen LogP contribution in [0.5, 0.6) is 0 Å². The Morgan fingerprint density at radius 2 is 1.67 bits per heavy atom. The summed E-state index contributed by atoms with van der Waals surface area (Å²) in [6, 6.07) is 15.8. The molecular weight excluding hydrogens is 412 g/mol. The first-order valence-corrected chi connectivity index (χ1v) is 9.08. The number of carbonyl (C=O) groups excluding carboxylic acids is 2. The molecule has 0 saturated carbocycles. The van der Waals surface area contributed by atoms with Crippen molar-refractivity contribution in [1.82, 2.24) is 10.6 Å². The van der Waals surface area contributed by atoms with Gasteiger partial charge in [-0.1, -0.05) is 46.3 Å². The van der Waals surface area contributed by atoms with Crippen LogP contribution < -0.4 is 10.6 Å². The molecular formula is C20H19BrN2O4. The predicted octanol–water partition coefficient (Wildman–Crippen LogP) is 3.20. The Morgan fingerprint density at radius 1 is 1.00 bits per heavy atom. The summed E-state index contributed by atoms with van der Waals surface area (Å²) in [4.78, 5) is 35.4. The molecule has 0 unspecified atom stereocenters. The standard InChI is InChI=1S/C20H19BrN2O4/c21-16-10-8-14(9-11-16)13-17(20(27)22-12-4-7-18(24)25)23-19(26)15-5-2-1-3-6-15/h1-3,5-6,8-11,13H,4,7,12H2,(H,22,27)(H,23,26)(H,24,25)/b17-13+. The number of aliphatic carboxylic acids is 1. The van der Waals surface area contributed by atoms with Gasteiger partial charge >= 0.3 is 5.97 Å². The highest BCUT2D eigenvalue weighted by Gasteiger charge is 2.14. The molecule has 0 aliphatic carbocycles. The van der Waals surface area contributed by atoms with Gasteiger partial charge in [0.05, 0.1) is 0 Å². The first-order chi connectivity index (χ1) is 13.0. The van der Waals surface area contributed by atoms with Crippen molar-refractivity contribution in [3.63, 3.8) is 0 Å². The maximum atomic E-state index is 12.5. The Kier molecular flexibility index (Phi) is 7.76. The highest BCUT2D eigenvalue weighted by atomic mass is 79.9. The number of rotatable bonds is 8. The maximum absolute atomic E-state index is 12.5. The number of nitrogens with one attached hydrogen (secondary N) is 2. The molecule has 0 saturated heterocycles. The molecule has 0 fully saturated rings. The van der Waals surface area contributed by atoms with E-state index in [-0.39, 0.29) is 18.7 Å². The topological polar surface area (TPSA) is 95.5 Å². The third-order valence-corrected chi connectivity index (χ3v) is 4.09. The van der Waals surface area contributed by atoms with Crippen molar-refractivity contribution in [1.29, 1.82) is 0 Å². The molecule has 2 aromatic rings. The fraction of sp³-hybridized carbons (Fsp3) is 0.150. The molecule has 0 spiro atoms. The summed E-state index contributed by atoms with van der Waals surface area (Å²) in [7, 11) is 0. The Labute approximate surface area is 165 Å². The van der Waals surface area contributed by atoms with Crippen LogP contribution in [-0.4, -0.2) is 29.4 Å². The molecule has 0 aromatic heterocycles. The number of hydrogen-bond acceptors (Lipinski definition) is 3.